The molecule has 1 atom stereocenters. The van der Waals surface area contributed by atoms with Crippen molar-refractivity contribution >= 4 is 5.91 Å². The van der Waals surface area contributed by atoms with Gasteiger partial charge in [-0.25, -0.2) is 4.39 Å². The molecule has 2 aromatic carbocycles. The molecule has 2 N–H and O–H groups in total. The normalized spacial score (nSPS) is 17.3. The molecule has 5 nitrogen and oxygen atoms in total. The summed E-state index contributed by atoms with van der Waals surface area (Å²) in [4.78, 5) is 14.7. The molecule has 1 saturated heterocycles. The fraction of sp³-hybridized carbons (Fsp3) is 0.435. The van der Waals surface area contributed by atoms with E-state index in [1.165, 1.54) is 12.1 Å². The lowest BCUT2D eigenvalue weighted by Crippen LogP contribution is -2.37. The van der Waals surface area contributed by atoms with E-state index >= 15 is 0 Å². The fourth-order valence-electron chi connectivity index (χ4n) is 3.67. The highest BCUT2D eigenvalue weighted by Crippen LogP contribution is 2.24. The summed E-state index contributed by atoms with van der Waals surface area (Å²) in [7, 11) is 0. The van der Waals surface area contributed by atoms with Crippen LogP contribution >= 0.6 is 0 Å². The predicted molar refractivity (Wildman–Crippen MR) is 111 cm³/mol. The molecule has 0 bridgehead atoms. The van der Waals surface area contributed by atoms with Gasteiger partial charge in [-0.1, -0.05) is 18.2 Å². The van der Waals surface area contributed by atoms with Gasteiger partial charge in [-0.3, -0.25) is 9.69 Å². The van der Waals surface area contributed by atoms with Crippen LogP contribution in [0.4, 0.5) is 4.39 Å². The van der Waals surface area contributed by atoms with Crippen molar-refractivity contribution in [3.05, 3.63) is 59.4 Å². The number of nitrogens with one attached hydrogen (secondary N) is 1. The van der Waals surface area contributed by atoms with E-state index in [0.29, 0.717) is 30.4 Å². The first-order valence-corrected chi connectivity index (χ1v) is 10.1. The summed E-state index contributed by atoms with van der Waals surface area (Å²) in [5.41, 5.74) is 1.39. The van der Waals surface area contributed by atoms with Gasteiger partial charge in [0.2, 0.25) is 0 Å². The molecule has 0 aromatic heterocycles. The second-order valence-corrected chi connectivity index (χ2v) is 7.96. The first-order chi connectivity index (χ1) is 13.9. The summed E-state index contributed by atoms with van der Waals surface area (Å²) in [6, 6.07) is 11.9. The Morgan fingerprint density at radius 2 is 2.10 bits per heavy atom. The van der Waals surface area contributed by atoms with Crippen molar-refractivity contribution in [2.24, 2.45) is 5.92 Å². The number of piperidine rings is 1. The van der Waals surface area contributed by atoms with Crippen LogP contribution in [0.5, 0.6) is 11.5 Å². The summed E-state index contributed by atoms with van der Waals surface area (Å²) in [5, 5.41) is 12.3. The Balaban J connectivity index is 1.57. The van der Waals surface area contributed by atoms with Crippen molar-refractivity contribution in [2.45, 2.75) is 39.3 Å². The third kappa shape index (κ3) is 5.94. The Labute approximate surface area is 171 Å². The van der Waals surface area contributed by atoms with Crippen LogP contribution in [-0.4, -0.2) is 41.7 Å². The van der Waals surface area contributed by atoms with Crippen LogP contribution < -0.4 is 10.1 Å². The molecule has 1 fully saturated rings. The van der Waals surface area contributed by atoms with E-state index in [-0.39, 0.29) is 17.7 Å². The maximum atomic E-state index is 13.6. The number of hydrogen-bond acceptors (Lipinski definition) is 4. The zero-order valence-electron chi connectivity index (χ0n) is 17.0. The highest BCUT2D eigenvalue weighted by Gasteiger charge is 2.22. The van der Waals surface area contributed by atoms with Gasteiger partial charge in [0.05, 0.1) is 12.2 Å². The molecule has 6 heteroatoms. The molecule has 2 aromatic rings. The molecule has 3 rings (SSSR count). The minimum Gasteiger partial charge on any atom is -0.505 e. The molecule has 1 heterocycles. The number of phenols is 1. The second kappa shape index (κ2) is 9.74. The standard InChI is InChI=1S/C23H29FN2O3/c1-16(2)25-23(28)19-7-3-4-8-22(19)29-15-18-6-5-11-26(14-18)13-17-9-10-21(27)20(24)12-17/h3-4,7-10,12,16,18,27H,5-6,11,13-15H2,1-2H3,(H,25,28). The Hall–Kier alpha value is -2.60. The van der Waals surface area contributed by atoms with Gasteiger partial charge in [-0.05, 0) is 63.1 Å². The number of amides is 1. The minimum atomic E-state index is -0.587. The highest BCUT2D eigenvalue weighted by atomic mass is 19.1. The first-order valence-electron chi connectivity index (χ1n) is 10.1. The number of carbonyl (C=O) groups is 1. The van der Waals surface area contributed by atoms with Gasteiger partial charge in [-0.15, -0.1) is 0 Å². The maximum Gasteiger partial charge on any atom is 0.255 e. The predicted octanol–water partition coefficient (Wildman–Crippen LogP) is 3.96. The van der Waals surface area contributed by atoms with Gasteiger partial charge >= 0.3 is 0 Å². The van der Waals surface area contributed by atoms with Gasteiger partial charge in [0.15, 0.2) is 11.6 Å². The number of hydrogen-bond donors (Lipinski definition) is 2. The quantitative estimate of drug-likeness (QED) is 0.739. The Morgan fingerprint density at radius 3 is 2.86 bits per heavy atom. The van der Waals surface area contributed by atoms with E-state index in [1.54, 1.807) is 12.1 Å². The van der Waals surface area contributed by atoms with E-state index in [1.807, 2.05) is 32.0 Å². The summed E-state index contributed by atoms with van der Waals surface area (Å²) in [6.45, 7) is 6.83. The van der Waals surface area contributed by atoms with Crippen molar-refractivity contribution in [1.29, 1.82) is 0 Å². The summed E-state index contributed by atoms with van der Waals surface area (Å²) in [5.74, 6) is -0.0972. The lowest BCUT2D eigenvalue weighted by molar-refractivity contribution is 0.0932. The molecular weight excluding hydrogens is 371 g/mol. The van der Waals surface area contributed by atoms with Gasteiger partial charge in [-0.2, -0.15) is 0 Å². The van der Waals surface area contributed by atoms with Crippen LogP contribution in [-0.2, 0) is 6.54 Å². The van der Waals surface area contributed by atoms with Crippen LogP contribution in [0.2, 0.25) is 0 Å². The number of likely N-dealkylation sites (tertiary alicyclic amines) is 1. The van der Waals surface area contributed by atoms with Gasteiger partial charge in [0.25, 0.3) is 5.91 Å². The lowest BCUT2D eigenvalue weighted by atomic mass is 9.98. The number of para-hydroxylation sites is 1. The topological polar surface area (TPSA) is 61.8 Å². The number of aromatic hydroxyl groups is 1. The molecule has 0 saturated carbocycles. The largest absolute Gasteiger partial charge is 0.505 e. The average molecular weight is 400 g/mol. The van der Waals surface area contributed by atoms with Crippen LogP contribution in [0.25, 0.3) is 0 Å². The van der Waals surface area contributed by atoms with E-state index < -0.39 is 5.82 Å². The summed E-state index contributed by atoms with van der Waals surface area (Å²) in [6.07, 6.45) is 2.10. The third-order valence-corrected chi connectivity index (χ3v) is 5.05. The van der Waals surface area contributed by atoms with Crippen molar-refractivity contribution in [3.8, 4) is 11.5 Å². The minimum absolute atomic E-state index is 0.0622. The molecule has 0 aliphatic carbocycles. The van der Waals surface area contributed by atoms with Crippen LogP contribution in [0.1, 0.15) is 42.6 Å². The van der Waals surface area contributed by atoms with Gasteiger partial charge < -0.3 is 15.2 Å². The van der Waals surface area contributed by atoms with Crippen molar-refractivity contribution in [1.82, 2.24) is 10.2 Å². The molecule has 0 spiro atoms. The zero-order valence-corrected chi connectivity index (χ0v) is 17.0. The van der Waals surface area contributed by atoms with Gasteiger partial charge in [0.1, 0.15) is 5.75 Å². The highest BCUT2D eigenvalue weighted by molar-refractivity contribution is 5.97. The van der Waals surface area contributed by atoms with E-state index in [0.717, 1.165) is 31.5 Å². The van der Waals surface area contributed by atoms with Crippen molar-refractivity contribution in [2.75, 3.05) is 19.7 Å². The summed E-state index contributed by atoms with van der Waals surface area (Å²) < 4.78 is 19.6. The first kappa shape index (κ1) is 21.1. The van der Waals surface area contributed by atoms with Crippen LogP contribution in [0.15, 0.2) is 42.5 Å². The van der Waals surface area contributed by atoms with Crippen LogP contribution in [0, 0.1) is 11.7 Å². The van der Waals surface area contributed by atoms with E-state index in [4.69, 9.17) is 4.74 Å². The lowest BCUT2D eigenvalue weighted by Gasteiger charge is -2.32. The molecule has 1 amide bonds. The van der Waals surface area contributed by atoms with Crippen LogP contribution in [0.3, 0.4) is 0 Å². The van der Waals surface area contributed by atoms with Crippen molar-refractivity contribution in [3.63, 3.8) is 0 Å². The monoisotopic (exact) mass is 400 g/mol. The molecular formula is C23H29FN2O3. The van der Waals surface area contributed by atoms with E-state index in [9.17, 15) is 14.3 Å². The zero-order chi connectivity index (χ0) is 20.8. The third-order valence-electron chi connectivity index (χ3n) is 5.05. The number of nitrogens with zero attached hydrogens (tertiary/aromatic N) is 1. The van der Waals surface area contributed by atoms with Crippen molar-refractivity contribution < 1.29 is 19.0 Å². The SMILES string of the molecule is CC(C)NC(=O)c1ccccc1OCC1CCCN(Cc2ccc(O)c(F)c2)C1. The van der Waals surface area contributed by atoms with Gasteiger partial charge in [0, 0.05) is 25.0 Å². The number of rotatable bonds is 7. The number of ether oxygens (including phenoxy) is 1. The number of halogens is 1. The molecule has 1 aliphatic heterocycles. The van der Waals surface area contributed by atoms with E-state index in [2.05, 4.69) is 10.2 Å². The molecule has 1 unspecified atom stereocenters. The fourth-order valence-corrected chi connectivity index (χ4v) is 3.67. The number of phenolic OH excluding ortho intramolecular Hbond substituents is 1. The smallest absolute Gasteiger partial charge is 0.255 e. The molecule has 156 valence electrons. The number of benzene rings is 2. The molecule has 29 heavy (non-hydrogen) atoms. The Bertz CT molecular complexity index is 841. The second-order valence-electron chi connectivity index (χ2n) is 7.96. The average Bonchev–Trinajstić information content (AvgIpc) is 2.69. The maximum absolute atomic E-state index is 13.6. The summed E-state index contributed by atoms with van der Waals surface area (Å²) >= 11 is 0. The molecule has 1 aliphatic rings. The molecule has 0 radical (unpaired) electrons. The Morgan fingerprint density at radius 1 is 1.31 bits per heavy atom. The Kier molecular flexibility index (Phi) is 7.09. The number of carbonyl (C=O) groups excluding carboxylic acids is 1.